The number of carbonyl (C=O) groups is 2. The molecular weight excluding hydrogens is 504 g/mol. The van der Waals surface area contributed by atoms with Gasteiger partial charge in [-0.1, -0.05) is 0 Å². The summed E-state index contributed by atoms with van der Waals surface area (Å²) in [5.41, 5.74) is 25.4. The number of nitrogens with zero attached hydrogens (tertiary/aromatic N) is 6. The molecule has 4 heterocycles. The van der Waals surface area contributed by atoms with Gasteiger partial charge in [0, 0.05) is 75.2 Å². The molecule has 0 unspecified atom stereocenters. The van der Waals surface area contributed by atoms with Gasteiger partial charge in [-0.2, -0.15) is 15.0 Å². The Labute approximate surface area is 225 Å². The van der Waals surface area contributed by atoms with Crippen molar-refractivity contribution in [3.8, 4) is 5.75 Å². The number of hydrogen-bond donors (Lipinski definition) is 7. The van der Waals surface area contributed by atoms with Crippen LogP contribution >= 0.6 is 0 Å². The van der Waals surface area contributed by atoms with Crippen LogP contribution in [0.1, 0.15) is 23.2 Å². The largest absolute Gasteiger partial charge is 0.507 e. The lowest BCUT2D eigenvalue weighted by molar-refractivity contribution is -0.123. The first kappa shape index (κ1) is 26.8. The fourth-order valence-corrected chi connectivity index (χ4v) is 5.28. The van der Waals surface area contributed by atoms with E-state index < -0.39 is 5.91 Å². The van der Waals surface area contributed by atoms with Crippen molar-refractivity contribution in [2.45, 2.75) is 37.0 Å². The standard InChI is InChI=1S/C24H36N12O3/c25-13-5-14(26)9-35(8-13)23-31-22(32-24(33-23)36-10-15(27)6-16(28)11-36)30-17-1-2-18(19(37)7-17)21(39)34-4-3-29-20(38)12-34/h1-2,7,13-16,37H,3-6,8-12,25-28H2,(H,29,38)(H,30,31,32,33)/t13-,14+,15-,16+. The average molecular weight is 541 g/mol. The highest BCUT2D eigenvalue weighted by molar-refractivity contribution is 5.99. The van der Waals surface area contributed by atoms with E-state index in [0.29, 0.717) is 69.7 Å². The summed E-state index contributed by atoms with van der Waals surface area (Å²) in [7, 11) is 0. The summed E-state index contributed by atoms with van der Waals surface area (Å²) in [5.74, 6) is 0.183. The highest BCUT2D eigenvalue weighted by Crippen LogP contribution is 2.27. The maximum atomic E-state index is 12.9. The molecule has 3 aliphatic rings. The normalized spacial score (nSPS) is 25.8. The van der Waals surface area contributed by atoms with Gasteiger partial charge in [0.25, 0.3) is 5.91 Å². The predicted octanol–water partition coefficient (Wildman–Crippen LogP) is -2.38. The number of aromatic nitrogens is 3. The van der Waals surface area contributed by atoms with Crippen LogP contribution in [0.2, 0.25) is 0 Å². The number of anilines is 4. The van der Waals surface area contributed by atoms with Crippen molar-refractivity contribution in [3.63, 3.8) is 0 Å². The highest BCUT2D eigenvalue weighted by atomic mass is 16.3. The second-order valence-corrected chi connectivity index (χ2v) is 10.5. The van der Waals surface area contributed by atoms with Crippen molar-refractivity contribution in [2.24, 2.45) is 22.9 Å². The molecule has 5 rings (SSSR count). The van der Waals surface area contributed by atoms with Crippen molar-refractivity contribution >= 4 is 35.3 Å². The molecule has 15 heteroatoms. The van der Waals surface area contributed by atoms with Crippen LogP contribution in [-0.2, 0) is 4.79 Å². The number of aromatic hydroxyl groups is 1. The smallest absolute Gasteiger partial charge is 0.258 e. The van der Waals surface area contributed by atoms with E-state index >= 15 is 0 Å². The Bertz CT molecular complexity index is 1160. The monoisotopic (exact) mass is 540 g/mol. The molecule has 1 aromatic heterocycles. The fraction of sp³-hybridized carbons (Fsp3) is 0.542. The number of nitrogens with two attached hydrogens (primary N) is 4. The number of rotatable bonds is 5. The molecule has 0 aliphatic carbocycles. The first-order valence-corrected chi connectivity index (χ1v) is 13.1. The second kappa shape index (κ2) is 11.1. The maximum absolute atomic E-state index is 12.9. The zero-order valence-electron chi connectivity index (χ0n) is 21.7. The van der Waals surface area contributed by atoms with Crippen LogP contribution in [-0.4, -0.2) is 107 Å². The summed E-state index contributed by atoms with van der Waals surface area (Å²) in [6.07, 6.45) is 1.42. The molecular formula is C24H36N12O3. The lowest BCUT2D eigenvalue weighted by Gasteiger charge is -2.37. The molecule has 0 saturated carbocycles. The number of benzene rings is 1. The van der Waals surface area contributed by atoms with E-state index in [-0.39, 0.29) is 53.9 Å². The zero-order chi connectivity index (χ0) is 27.7. The van der Waals surface area contributed by atoms with Crippen LogP contribution in [0, 0.1) is 0 Å². The Kier molecular flexibility index (Phi) is 7.65. The molecule has 0 bridgehead atoms. The number of phenols is 1. The van der Waals surface area contributed by atoms with Crippen LogP contribution in [0.5, 0.6) is 5.75 Å². The Morgan fingerprint density at radius 2 is 1.49 bits per heavy atom. The van der Waals surface area contributed by atoms with E-state index in [1.165, 1.54) is 17.0 Å². The Morgan fingerprint density at radius 1 is 0.923 bits per heavy atom. The van der Waals surface area contributed by atoms with Crippen LogP contribution in [0.15, 0.2) is 18.2 Å². The SMILES string of the molecule is N[C@@H]1C[C@H](N)CN(c2nc(Nc3ccc(C(=O)N4CCNC(=O)C4)c(O)c3)nc(N3C[C@H](N)C[C@H](N)C3)n2)C1. The third-order valence-corrected chi connectivity index (χ3v) is 7.02. The Morgan fingerprint density at radius 3 is 2.00 bits per heavy atom. The summed E-state index contributed by atoms with van der Waals surface area (Å²) in [6.45, 7) is 2.86. The van der Waals surface area contributed by atoms with Gasteiger partial charge in [0.05, 0.1) is 12.1 Å². The maximum Gasteiger partial charge on any atom is 0.258 e. The lowest BCUT2D eigenvalue weighted by Crippen LogP contribution is -2.54. The molecule has 11 N–H and O–H groups in total. The van der Waals surface area contributed by atoms with E-state index in [2.05, 4.69) is 20.6 Å². The average Bonchev–Trinajstić information content (AvgIpc) is 2.87. The quantitative estimate of drug-likeness (QED) is 0.210. The number of nitrogens with one attached hydrogen (secondary N) is 2. The van der Waals surface area contributed by atoms with E-state index in [9.17, 15) is 14.7 Å². The van der Waals surface area contributed by atoms with E-state index in [1.807, 2.05) is 9.80 Å². The molecule has 3 saturated heterocycles. The minimum absolute atomic E-state index is 0.0533. The van der Waals surface area contributed by atoms with Crippen molar-refractivity contribution in [2.75, 3.05) is 60.9 Å². The fourth-order valence-electron chi connectivity index (χ4n) is 5.28. The molecule has 39 heavy (non-hydrogen) atoms. The van der Waals surface area contributed by atoms with Crippen molar-refractivity contribution < 1.29 is 14.7 Å². The van der Waals surface area contributed by atoms with Gasteiger partial charge in [-0.05, 0) is 25.0 Å². The van der Waals surface area contributed by atoms with Crippen LogP contribution in [0.25, 0.3) is 0 Å². The third kappa shape index (κ3) is 6.27. The molecule has 3 aliphatic heterocycles. The highest BCUT2D eigenvalue weighted by Gasteiger charge is 2.29. The first-order valence-electron chi connectivity index (χ1n) is 13.1. The molecule has 1 aromatic carbocycles. The van der Waals surface area contributed by atoms with Crippen LogP contribution < -0.4 is 43.4 Å². The summed E-state index contributed by atoms with van der Waals surface area (Å²) in [4.78, 5) is 43.7. The molecule has 210 valence electrons. The molecule has 15 nitrogen and oxygen atoms in total. The van der Waals surface area contributed by atoms with Gasteiger partial charge >= 0.3 is 0 Å². The van der Waals surface area contributed by atoms with Gasteiger partial charge in [0.15, 0.2) is 0 Å². The van der Waals surface area contributed by atoms with Gasteiger partial charge in [-0.25, -0.2) is 0 Å². The van der Waals surface area contributed by atoms with Crippen molar-refractivity contribution in [1.29, 1.82) is 0 Å². The number of amides is 2. The molecule has 0 spiro atoms. The molecule has 2 amide bonds. The van der Waals surface area contributed by atoms with Crippen molar-refractivity contribution in [1.82, 2.24) is 25.2 Å². The minimum Gasteiger partial charge on any atom is -0.507 e. The third-order valence-electron chi connectivity index (χ3n) is 7.02. The van der Waals surface area contributed by atoms with Gasteiger partial charge in [0.2, 0.25) is 23.8 Å². The van der Waals surface area contributed by atoms with Crippen LogP contribution in [0.3, 0.4) is 0 Å². The molecule has 0 radical (unpaired) electrons. The number of carbonyl (C=O) groups excluding carboxylic acids is 2. The van der Waals surface area contributed by atoms with Crippen molar-refractivity contribution in [3.05, 3.63) is 23.8 Å². The number of phenolic OH excluding ortho intramolecular Hbond substituents is 1. The number of piperidine rings is 2. The molecule has 4 atom stereocenters. The lowest BCUT2D eigenvalue weighted by atomic mass is 10.0. The number of hydrogen-bond acceptors (Lipinski definition) is 13. The molecule has 2 aromatic rings. The van der Waals surface area contributed by atoms with E-state index in [1.54, 1.807) is 6.07 Å². The Balaban J connectivity index is 1.41. The van der Waals surface area contributed by atoms with Gasteiger partial charge in [0.1, 0.15) is 5.75 Å². The van der Waals surface area contributed by atoms with E-state index in [4.69, 9.17) is 27.9 Å². The summed E-state index contributed by atoms with van der Waals surface area (Å²) in [5, 5.41) is 16.4. The van der Waals surface area contributed by atoms with Gasteiger partial charge < -0.3 is 53.4 Å². The summed E-state index contributed by atoms with van der Waals surface area (Å²) in [6, 6.07) is 4.09. The topological polar surface area (TPSA) is 231 Å². The van der Waals surface area contributed by atoms with Crippen LogP contribution in [0.4, 0.5) is 23.5 Å². The second-order valence-electron chi connectivity index (χ2n) is 10.5. The zero-order valence-corrected chi connectivity index (χ0v) is 21.7. The summed E-state index contributed by atoms with van der Waals surface area (Å²) >= 11 is 0. The van der Waals surface area contributed by atoms with Gasteiger partial charge in [-0.15, -0.1) is 0 Å². The summed E-state index contributed by atoms with van der Waals surface area (Å²) < 4.78 is 0. The Hall–Kier alpha value is -3.79. The number of piperazine rings is 1. The minimum atomic E-state index is -0.422. The van der Waals surface area contributed by atoms with E-state index in [0.717, 1.165) is 0 Å². The predicted molar refractivity (Wildman–Crippen MR) is 146 cm³/mol. The first-order chi connectivity index (χ1) is 18.6. The van der Waals surface area contributed by atoms with Gasteiger partial charge in [-0.3, -0.25) is 9.59 Å². The molecule has 3 fully saturated rings.